The Hall–Kier alpha value is -6.61. The quantitative estimate of drug-likeness (QED) is 0.0493. The molecular formula is C46H24BF20N. The zero-order valence-electron chi connectivity index (χ0n) is 33.8. The van der Waals surface area contributed by atoms with Gasteiger partial charge in [0.05, 0.1) is 0 Å². The summed E-state index contributed by atoms with van der Waals surface area (Å²) >= 11 is 0. The second kappa shape index (κ2) is 18.8. The lowest BCUT2D eigenvalue weighted by Gasteiger charge is -2.44. The van der Waals surface area contributed by atoms with Crippen LogP contribution in [0.3, 0.4) is 0 Å². The third-order valence-electron chi connectivity index (χ3n) is 11.9. The van der Waals surface area contributed by atoms with Gasteiger partial charge in [0, 0.05) is 23.1 Å². The van der Waals surface area contributed by atoms with Crippen molar-refractivity contribution in [3.63, 3.8) is 0 Å². The Bertz CT molecular complexity index is 2750. The van der Waals surface area contributed by atoms with Crippen molar-refractivity contribution in [3.8, 4) is 0 Å². The van der Waals surface area contributed by atoms with Gasteiger partial charge >= 0.3 is 0 Å². The molecule has 22 heteroatoms. The second-order valence-electron chi connectivity index (χ2n) is 15.6. The van der Waals surface area contributed by atoms with E-state index in [0.29, 0.717) is 0 Å². The molecule has 1 aromatic heterocycles. The Morgan fingerprint density at radius 1 is 0.353 bits per heavy atom. The van der Waals surface area contributed by atoms with E-state index in [1.807, 2.05) is 0 Å². The number of fused-ring (bicyclic) bond motifs is 1. The maximum absolute atomic E-state index is 15.4. The van der Waals surface area contributed by atoms with E-state index in [0.717, 1.165) is 12.5 Å². The molecular weight excluding hydrogens is 957 g/mol. The van der Waals surface area contributed by atoms with Crippen LogP contribution in [-0.4, -0.2) is 6.15 Å². The van der Waals surface area contributed by atoms with E-state index >= 15 is 35.1 Å². The predicted molar refractivity (Wildman–Crippen MR) is 205 cm³/mol. The third kappa shape index (κ3) is 7.87. The average molecular weight is 981 g/mol. The molecule has 1 fully saturated rings. The first kappa shape index (κ1) is 49.3. The van der Waals surface area contributed by atoms with Crippen molar-refractivity contribution < 1.29 is 92.4 Å². The van der Waals surface area contributed by atoms with Gasteiger partial charge < -0.3 is 0 Å². The minimum absolute atomic E-state index is 0.794. The molecule has 6 aromatic carbocycles. The molecule has 68 heavy (non-hydrogen) atoms. The minimum atomic E-state index is -7.22. The van der Waals surface area contributed by atoms with E-state index in [-0.39, 0.29) is 0 Å². The normalized spacial score (nSPS) is 13.3. The molecule has 1 saturated carbocycles. The molecule has 1 aliphatic rings. The van der Waals surface area contributed by atoms with E-state index in [1.54, 1.807) is 0 Å². The van der Waals surface area contributed by atoms with Crippen LogP contribution in [-0.2, 0) is 6.54 Å². The highest BCUT2D eigenvalue weighted by Crippen LogP contribution is 2.34. The first-order valence-corrected chi connectivity index (χ1v) is 19.8. The Morgan fingerprint density at radius 2 is 0.662 bits per heavy atom. The Kier molecular flexibility index (Phi) is 13.6. The zero-order valence-corrected chi connectivity index (χ0v) is 33.8. The van der Waals surface area contributed by atoms with E-state index < -0.39 is 144 Å². The summed E-state index contributed by atoms with van der Waals surface area (Å²) in [5, 5.41) is 1.30. The second-order valence-corrected chi connectivity index (χ2v) is 15.6. The summed E-state index contributed by atoms with van der Waals surface area (Å²) in [6, 6.07) is 22.3. The monoisotopic (exact) mass is 981 g/mol. The SMILES string of the molecule is Fc1c(F)c(F)c([B-](c2c(F)c(F)c(F)c(F)c2F)(c2c(F)c(F)c(F)c(F)c2F)c2c(F)c(F)c(F)c(F)c2F)c(F)c1F.c1ccc2c(c1)ccc[n+]2Cc1ccc(C2CCCCC2)cc1. The molecule has 1 aliphatic carbocycles. The number of pyridine rings is 1. The molecule has 1 nitrogen and oxygen atoms in total. The summed E-state index contributed by atoms with van der Waals surface area (Å²) in [5.74, 6) is -70.6. The Morgan fingerprint density at radius 3 is 1.01 bits per heavy atom. The molecule has 0 amide bonds. The molecule has 0 aliphatic heterocycles. The van der Waals surface area contributed by atoms with E-state index in [1.165, 1.54) is 54.1 Å². The lowest BCUT2D eigenvalue weighted by Crippen LogP contribution is -2.81. The standard InChI is InChI=1S/C24BF20.C22H24N/c26-5-1(6(27)14(35)21(42)13(5)34)25(2-7(28)15(36)22(43)16(37)8(2)29,3-9(30)17(38)23(44)18(39)10(3)31)4-11(32)19(40)24(45)20(41)12(4)33;1-2-7-19(8-3-1)20-14-12-18(13-15-20)17-23-16-6-10-21-9-4-5-11-22(21)23/h;4-6,9-16,19H,1-3,7-8,17H2/q-1;+1. The molecule has 8 rings (SSSR count). The summed E-state index contributed by atoms with van der Waals surface area (Å²) in [4.78, 5) is 0. The van der Waals surface area contributed by atoms with E-state index in [2.05, 4.69) is 71.4 Å². The maximum Gasteiger partial charge on any atom is 0.212 e. The smallest absolute Gasteiger partial charge is 0.207 e. The van der Waals surface area contributed by atoms with Crippen molar-refractivity contribution in [1.82, 2.24) is 0 Å². The van der Waals surface area contributed by atoms with Gasteiger partial charge in [-0.15, -0.1) is 21.9 Å². The highest BCUT2D eigenvalue weighted by Gasteiger charge is 2.52. The van der Waals surface area contributed by atoms with Gasteiger partial charge in [-0.05, 0) is 36.5 Å². The summed E-state index contributed by atoms with van der Waals surface area (Å²) in [5.41, 5.74) is -10.1. The van der Waals surface area contributed by atoms with Crippen molar-refractivity contribution >= 4 is 38.9 Å². The average Bonchev–Trinajstić information content (AvgIpc) is 3.34. The van der Waals surface area contributed by atoms with Gasteiger partial charge in [-0.3, -0.25) is 0 Å². The summed E-state index contributed by atoms with van der Waals surface area (Å²) in [6.07, 6.45) is 1.93. The fourth-order valence-corrected chi connectivity index (χ4v) is 8.76. The largest absolute Gasteiger partial charge is 0.212 e. The number of halogens is 20. The first-order valence-electron chi connectivity index (χ1n) is 19.8. The molecule has 0 saturated heterocycles. The maximum atomic E-state index is 15.4. The highest BCUT2D eigenvalue weighted by molar-refractivity contribution is 7.20. The van der Waals surface area contributed by atoms with Crippen LogP contribution in [0.2, 0.25) is 0 Å². The van der Waals surface area contributed by atoms with Gasteiger partial charge in [-0.1, -0.05) is 55.7 Å². The number of benzene rings is 6. The molecule has 0 unspecified atom stereocenters. The number of nitrogens with zero attached hydrogens (tertiary/aromatic N) is 1. The molecule has 7 aromatic rings. The molecule has 0 spiro atoms. The van der Waals surface area contributed by atoms with Gasteiger partial charge in [-0.2, -0.15) is 4.57 Å². The molecule has 356 valence electrons. The van der Waals surface area contributed by atoms with E-state index in [4.69, 9.17) is 0 Å². The predicted octanol–water partition coefficient (Wildman–Crippen LogP) is 11.1. The Balaban J connectivity index is 0.000000246. The molecule has 1 heterocycles. The number of aromatic nitrogens is 1. The summed E-state index contributed by atoms with van der Waals surface area (Å²) in [7, 11) is 0. The van der Waals surface area contributed by atoms with Gasteiger partial charge in [0.25, 0.3) is 0 Å². The lowest BCUT2D eigenvalue weighted by atomic mass is 9.12. The fraction of sp³-hybridized carbons (Fsp3) is 0.152. The van der Waals surface area contributed by atoms with Crippen LogP contribution in [0.1, 0.15) is 49.1 Å². The lowest BCUT2D eigenvalue weighted by molar-refractivity contribution is -0.662. The molecule has 0 N–H and O–H groups in total. The van der Waals surface area contributed by atoms with Crippen molar-refractivity contribution in [1.29, 1.82) is 0 Å². The van der Waals surface area contributed by atoms with Crippen molar-refractivity contribution in [3.05, 3.63) is 194 Å². The van der Waals surface area contributed by atoms with Crippen LogP contribution in [0.4, 0.5) is 87.8 Å². The Labute approximate surface area is 369 Å². The fourth-order valence-electron chi connectivity index (χ4n) is 8.76. The van der Waals surface area contributed by atoms with Crippen molar-refractivity contribution in [2.24, 2.45) is 0 Å². The van der Waals surface area contributed by atoms with Crippen molar-refractivity contribution in [2.75, 3.05) is 0 Å². The number of hydrogen-bond acceptors (Lipinski definition) is 0. The topological polar surface area (TPSA) is 3.88 Å². The van der Waals surface area contributed by atoms with Gasteiger partial charge in [-0.25, -0.2) is 87.8 Å². The van der Waals surface area contributed by atoms with Crippen LogP contribution >= 0.6 is 0 Å². The molecule has 0 bridgehead atoms. The zero-order chi connectivity index (χ0) is 49.8. The van der Waals surface area contributed by atoms with Gasteiger partial charge in [0.2, 0.25) is 5.52 Å². The van der Waals surface area contributed by atoms with E-state index in [9.17, 15) is 52.7 Å². The molecule has 0 atom stereocenters. The van der Waals surface area contributed by atoms with Crippen LogP contribution in [0.5, 0.6) is 0 Å². The summed E-state index contributed by atoms with van der Waals surface area (Å²) < 4.78 is 296. The summed E-state index contributed by atoms with van der Waals surface area (Å²) in [6.45, 7) is 0.937. The van der Waals surface area contributed by atoms with Crippen molar-refractivity contribution in [2.45, 2.75) is 44.6 Å². The number of hydrogen-bond donors (Lipinski definition) is 0. The van der Waals surface area contributed by atoms with Crippen LogP contribution < -0.4 is 26.4 Å². The van der Waals surface area contributed by atoms with Gasteiger partial charge in [0.1, 0.15) is 52.7 Å². The minimum Gasteiger partial charge on any atom is -0.207 e. The van der Waals surface area contributed by atoms with Crippen LogP contribution in [0.15, 0.2) is 66.9 Å². The van der Waals surface area contributed by atoms with Gasteiger partial charge in [0.15, 0.2) is 82.5 Å². The van der Waals surface area contributed by atoms with Crippen LogP contribution in [0, 0.1) is 116 Å². The molecule has 0 radical (unpaired) electrons. The number of rotatable bonds is 7. The highest BCUT2D eigenvalue weighted by atomic mass is 19.2. The third-order valence-corrected chi connectivity index (χ3v) is 11.9. The van der Waals surface area contributed by atoms with Crippen LogP contribution in [0.25, 0.3) is 10.9 Å². The first-order chi connectivity index (χ1) is 32.1. The number of para-hydroxylation sites is 1.